The molecule has 3 aromatic rings. The quantitative estimate of drug-likeness (QED) is 0.410. The van der Waals surface area contributed by atoms with Gasteiger partial charge in [0.15, 0.2) is 17.3 Å². The van der Waals surface area contributed by atoms with Crippen molar-refractivity contribution in [3.05, 3.63) is 53.9 Å². The summed E-state index contributed by atoms with van der Waals surface area (Å²) in [4.78, 5) is 8.75. The summed E-state index contributed by atoms with van der Waals surface area (Å²) in [6.45, 7) is 0. The van der Waals surface area contributed by atoms with Crippen LogP contribution >= 0.6 is 0 Å². The molecule has 0 amide bonds. The molecule has 2 N–H and O–H groups in total. The van der Waals surface area contributed by atoms with Crippen LogP contribution in [0.4, 0.5) is 11.5 Å². The minimum Gasteiger partial charge on any atom is -0.493 e. The molecule has 0 atom stereocenters. The molecule has 9 heteroatoms. The number of nitrogens with zero attached hydrogens (tertiary/aromatic N) is 3. The molecule has 166 valence electrons. The SMILES string of the molecule is COc1cc(Nc2cncc(Oc3cccc4c3CCC/C4=N/O)n2)cc(OC)c1OC. The molecule has 0 spiro atoms. The van der Waals surface area contributed by atoms with Crippen molar-refractivity contribution in [2.24, 2.45) is 5.16 Å². The van der Waals surface area contributed by atoms with E-state index in [0.29, 0.717) is 46.1 Å². The van der Waals surface area contributed by atoms with Crippen molar-refractivity contribution in [2.45, 2.75) is 19.3 Å². The van der Waals surface area contributed by atoms with Crippen LogP contribution in [0.3, 0.4) is 0 Å². The first kappa shape index (κ1) is 21.2. The van der Waals surface area contributed by atoms with Crippen LogP contribution in [0.5, 0.6) is 28.9 Å². The number of ether oxygens (including phenoxy) is 4. The van der Waals surface area contributed by atoms with Gasteiger partial charge < -0.3 is 29.5 Å². The Morgan fingerprint density at radius 3 is 2.44 bits per heavy atom. The molecule has 0 saturated carbocycles. The van der Waals surface area contributed by atoms with Crippen molar-refractivity contribution in [1.82, 2.24) is 9.97 Å². The van der Waals surface area contributed by atoms with Gasteiger partial charge in [0.2, 0.25) is 11.6 Å². The fraction of sp³-hybridized carbons (Fsp3) is 0.261. The number of fused-ring (bicyclic) bond motifs is 1. The second-order valence-corrected chi connectivity index (χ2v) is 7.07. The predicted molar refractivity (Wildman–Crippen MR) is 119 cm³/mol. The zero-order valence-electron chi connectivity index (χ0n) is 18.1. The van der Waals surface area contributed by atoms with Crippen molar-refractivity contribution in [3.8, 4) is 28.9 Å². The predicted octanol–water partition coefficient (Wildman–Crippen LogP) is 4.55. The second kappa shape index (κ2) is 9.42. The van der Waals surface area contributed by atoms with Gasteiger partial charge in [-0.25, -0.2) is 0 Å². The number of nitrogens with one attached hydrogen (secondary N) is 1. The minimum absolute atomic E-state index is 0.337. The van der Waals surface area contributed by atoms with Gasteiger partial charge >= 0.3 is 0 Å². The summed E-state index contributed by atoms with van der Waals surface area (Å²) in [5, 5.41) is 15.9. The van der Waals surface area contributed by atoms with E-state index in [-0.39, 0.29) is 0 Å². The monoisotopic (exact) mass is 436 g/mol. The second-order valence-electron chi connectivity index (χ2n) is 7.07. The van der Waals surface area contributed by atoms with Crippen molar-refractivity contribution in [3.63, 3.8) is 0 Å². The van der Waals surface area contributed by atoms with Crippen LogP contribution in [-0.4, -0.2) is 42.2 Å². The molecule has 1 aliphatic rings. The standard InChI is InChI=1S/C23H24N4O5/c1-29-19-10-14(11-20(30-2)23(19)31-3)25-21-12-24-13-22(26-21)32-18-9-5-6-15-16(18)7-4-8-17(15)27-28/h5-6,9-13,28H,4,7-8H2,1-3H3,(H,25,26)/b27-17-. The smallest absolute Gasteiger partial charge is 0.239 e. The molecule has 1 aliphatic carbocycles. The first-order valence-electron chi connectivity index (χ1n) is 10.1. The highest BCUT2D eigenvalue weighted by atomic mass is 16.5. The van der Waals surface area contributed by atoms with Gasteiger partial charge in [-0.3, -0.25) is 4.98 Å². The van der Waals surface area contributed by atoms with Gasteiger partial charge in [-0.1, -0.05) is 17.3 Å². The normalized spacial score (nSPS) is 13.9. The van der Waals surface area contributed by atoms with Crippen LogP contribution in [0.15, 0.2) is 47.9 Å². The summed E-state index contributed by atoms with van der Waals surface area (Å²) >= 11 is 0. The molecule has 0 radical (unpaired) electrons. The number of rotatable bonds is 7. The van der Waals surface area contributed by atoms with Gasteiger partial charge in [-0.2, -0.15) is 4.98 Å². The maximum Gasteiger partial charge on any atom is 0.239 e. The number of methoxy groups -OCH3 is 3. The van der Waals surface area contributed by atoms with Crippen molar-refractivity contribution >= 4 is 17.2 Å². The summed E-state index contributed by atoms with van der Waals surface area (Å²) in [7, 11) is 4.67. The van der Waals surface area contributed by atoms with Gasteiger partial charge in [-0.15, -0.1) is 0 Å². The molecule has 0 aliphatic heterocycles. The fourth-order valence-corrected chi connectivity index (χ4v) is 3.73. The average molecular weight is 436 g/mol. The fourth-order valence-electron chi connectivity index (χ4n) is 3.73. The van der Waals surface area contributed by atoms with Gasteiger partial charge in [0.25, 0.3) is 0 Å². The number of hydrogen-bond donors (Lipinski definition) is 2. The summed E-state index contributed by atoms with van der Waals surface area (Å²) in [6, 6.07) is 9.24. The molecule has 32 heavy (non-hydrogen) atoms. The van der Waals surface area contributed by atoms with Crippen LogP contribution in [-0.2, 0) is 6.42 Å². The van der Waals surface area contributed by atoms with E-state index in [0.717, 1.165) is 30.4 Å². The number of oxime groups is 1. The molecule has 0 fully saturated rings. The lowest BCUT2D eigenvalue weighted by Gasteiger charge is -2.20. The molecule has 1 heterocycles. The number of anilines is 2. The van der Waals surface area contributed by atoms with E-state index in [4.69, 9.17) is 18.9 Å². The Hall–Kier alpha value is -4.01. The lowest BCUT2D eigenvalue weighted by atomic mass is 9.89. The zero-order valence-corrected chi connectivity index (χ0v) is 18.1. The summed E-state index contributed by atoms with van der Waals surface area (Å²) < 4.78 is 22.2. The maximum absolute atomic E-state index is 9.29. The van der Waals surface area contributed by atoms with Gasteiger partial charge in [0, 0.05) is 28.9 Å². The molecule has 4 rings (SSSR count). The molecule has 0 bridgehead atoms. The van der Waals surface area contributed by atoms with Crippen molar-refractivity contribution in [1.29, 1.82) is 0 Å². The lowest BCUT2D eigenvalue weighted by molar-refractivity contribution is 0.317. The first-order chi connectivity index (χ1) is 15.7. The Kier molecular flexibility index (Phi) is 6.25. The minimum atomic E-state index is 0.337. The van der Waals surface area contributed by atoms with Crippen LogP contribution in [0.1, 0.15) is 24.0 Å². The van der Waals surface area contributed by atoms with E-state index >= 15 is 0 Å². The van der Waals surface area contributed by atoms with Gasteiger partial charge in [-0.05, 0) is 25.3 Å². The molecule has 2 aromatic carbocycles. The summed E-state index contributed by atoms with van der Waals surface area (Å²) in [5.41, 5.74) is 3.25. The third-order valence-electron chi connectivity index (χ3n) is 5.17. The van der Waals surface area contributed by atoms with E-state index in [9.17, 15) is 5.21 Å². The van der Waals surface area contributed by atoms with Gasteiger partial charge in [0.1, 0.15) is 5.75 Å². The Balaban J connectivity index is 1.60. The van der Waals surface area contributed by atoms with Crippen LogP contribution < -0.4 is 24.3 Å². The van der Waals surface area contributed by atoms with Crippen molar-refractivity contribution < 1.29 is 24.2 Å². The highest BCUT2D eigenvalue weighted by Gasteiger charge is 2.20. The Morgan fingerprint density at radius 1 is 0.969 bits per heavy atom. The third-order valence-corrected chi connectivity index (χ3v) is 5.17. The number of aromatic nitrogens is 2. The topological polar surface area (TPSA) is 107 Å². The number of hydrogen-bond acceptors (Lipinski definition) is 9. The summed E-state index contributed by atoms with van der Waals surface area (Å²) in [6.07, 6.45) is 5.60. The van der Waals surface area contributed by atoms with E-state index in [1.807, 2.05) is 18.2 Å². The number of benzene rings is 2. The van der Waals surface area contributed by atoms with Gasteiger partial charge in [0.05, 0.1) is 39.4 Å². The molecule has 0 unspecified atom stereocenters. The van der Waals surface area contributed by atoms with E-state index in [1.54, 1.807) is 45.9 Å². The summed E-state index contributed by atoms with van der Waals surface area (Å²) in [5.74, 6) is 3.04. The van der Waals surface area contributed by atoms with Crippen LogP contribution in [0.2, 0.25) is 0 Å². The molecule has 1 aromatic heterocycles. The highest BCUT2D eigenvalue weighted by molar-refractivity contribution is 6.02. The maximum atomic E-state index is 9.29. The average Bonchev–Trinajstić information content (AvgIpc) is 2.83. The molecular weight excluding hydrogens is 412 g/mol. The lowest BCUT2D eigenvalue weighted by Crippen LogP contribution is -2.13. The Morgan fingerprint density at radius 2 is 1.75 bits per heavy atom. The van der Waals surface area contributed by atoms with E-state index in [1.165, 1.54) is 0 Å². The molecule has 0 saturated heterocycles. The Labute approximate surface area is 185 Å². The van der Waals surface area contributed by atoms with Crippen molar-refractivity contribution in [2.75, 3.05) is 26.6 Å². The van der Waals surface area contributed by atoms with E-state index < -0.39 is 0 Å². The largest absolute Gasteiger partial charge is 0.493 e. The first-order valence-corrected chi connectivity index (χ1v) is 10.1. The highest BCUT2D eigenvalue weighted by Crippen LogP contribution is 2.40. The van der Waals surface area contributed by atoms with Crippen LogP contribution in [0.25, 0.3) is 0 Å². The molecule has 9 nitrogen and oxygen atoms in total. The van der Waals surface area contributed by atoms with E-state index in [2.05, 4.69) is 20.4 Å². The Bertz CT molecular complexity index is 1120. The van der Waals surface area contributed by atoms with Crippen LogP contribution in [0, 0.1) is 0 Å². The third kappa shape index (κ3) is 4.22. The molecular formula is C23H24N4O5. The zero-order chi connectivity index (χ0) is 22.5.